The van der Waals surface area contributed by atoms with Crippen molar-refractivity contribution in [1.82, 2.24) is 4.72 Å². The lowest BCUT2D eigenvalue weighted by Gasteiger charge is -2.21. The third-order valence-electron chi connectivity index (χ3n) is 4.20. The van der Waals surface area contributed by atoms with Crippen LogP contribution in [0.25, 0.3) is 0 Å². The van der Waals surface area contributed by atoms with Crippen LogP contribution in [0.15, 0.2) is 77.7 Å². The van der Waals surface area contributed by atoms with Crippen LogP contribution in [0.4, 0.5) is 0 Å². The number of methoxy groups -OCH3 is 1. The highest BCUT2D eigenvalue weighted by atomic mass is 35.5. The first-order chi connectivity index (χ1) is 12.9. The van der Waals surface area contributed by atoms with Gasteiger partial charge in [0.1, 0.15) is 10.6 Å². The van der Waals surface area contributed by atoms with Crippen LogP contribution in [0, 0.1) is 6.92 Å². The van der Waals surface area contributed by atoms with Crippen LogP contribution in [-0.4, -0.2) is 15.5 Å². The fourth-order valence-electron chi connectivity index (χ4n) is 2.90. The van der Waals surface area contributed by atoms with Gasteiger partial charge in [-0.2, -0.15) is 4.72 Å². The summed E-state index contributed by atoms with van der Waals surface area (Å²) in [6.07, 6.45) is 0. The molecule has 0 aliphatic heterocycles. The summed E-state index contributed by atoms with van der Waals surface area (Å²) in [5.74, 6) is 0.239. The highest BCUT2D eigenvalue weighted by Gasteiger charge is 2.26. The van der Waals surface area contributed by atoms with Gasteiger partial charge in [0, 0.05) is 5.02 Å². The Morgan fingerprint density at radius 3 is 2.30 bits per heavy atom. The lowest BCUT2D eigenvalue weighted by molar-refractivity contribution is 0.402. The van der Waals surface area contributed by atoms with E-state index in [0.717, 1.165) is 16.7 Å². The Balaban J connectivity index is 2.08. The summed E-state index contributed by atoms with van der Waals surface area (Å²) in [5, 5.41) is 0.322. The van der Waals surface area contributed by atoms with Gasteiger partial charge in [-0.15, -0.1) is 0 Å². The maximum absolute atomic E-state index is 13.2. The van der Waals surface area contributed by atoms with Gasteiger partial charge in [0.25, 0.3) is 0 Å². The average molecular weight is 402 g/mol. The van der Waals surface area contributed by atoms with Gasteiger partial charge in [0.2, 0.25) is 10.0 Å². The van der Waals surface area contributed by atoms with Crippen molar-refractivity contribution >= 4 is 21.6 Å². The Bertz CT molecular complexity index is 1040. The SMILES string of the molecule is COc1ccc(Cl)cc1S(=O)(=O)N[C@H](c1ccccc1)c1cccc(C)c1. The van der Waals surface area contributed by atoms with Crippen LogP contribution < -0.4 is 9.46 Å². The molecular weight excluding hydrogens is 382 g/mol. The van der Waals surface area contributed by atoms with E-state index in [2.05, 4.69) is 4.72 Å². The molecule has 0 heterocycles. The largest absolute Gasteiger partial charge is 0.495 e. The van der Waals surface area contributed by atoms with Crippen LogP contribution >= 0.6 is 11.6 Å². The van der Waals surface area contributed by atoms with Crippen LogP contribution in [0.5, 0.6) is 5.75 Å². The maximum Gasteiger partial charge on any atom is 0.245 e. The van der Waals surface area contributed by atoms with E-state index in [1.54, 1.807) is 12.1 Å². The summed E-state index contributed by atoms with van der Waals surface area (Å²) in [6.45, 7) is 1.97. The standard InChI is InChI=1S/C21H20ClNO3S/c1-15-7-6-10-17(13-15)21(16-8-4-3-5-9-16)23-27(24,25)20-14-18(22)11-12-19(20)26-2/h3-14,21,23H,1-2H3/t21-/m1/s1. The number of ether oxygens (including phenoxy) is 1. The molecule has 0 amide bonds. The molecule has 140 valence electrons. The molecule has 3 rings (SSSR count). The summed E-state index contributed by atoms with van der Waals surface area (Å²) < 4.78 is 34.3. The predicted octanol–water partition coefficient (Wildman–Crippen LogP) is 4.72. The second kappa shape index (κ2) is 8.13. The van der Waals surface area contributed by atoms with E-state index in [9.17, 15) is 8.42 Å². The summed E-state index contributed by atoms with van der Waals surface area (Å²) in [4.78, 5) is 0.00563. The third kappa shape index (κ3) is 4.50. The molecule has 3 aromatic carbocycles. The number of hydrogen-bond acceptors (Lipinski definition) is 3. The quantitative estimate of drug-likeness (QED) is 0.649. The third-order valence-corrected chi connectivity index (χ3v) is 5.88. The first-order valence-corrected chi connectivity index (χ1v) is 10.2. The van der Waals surface area contributed by atoms with Crippen LogP contribution in [0.1, 0.15) is 22.7 Å². The highest BCUT2D eigenvalue weighted by Crippen LogP contribution is 2.30. The molecule has 1 N–H and O–H groups in total. The highest BCUT2D eigenvalue weighted by molar-refractivity contribution is 7.89. The normalized spacial score (nSPS) is 12.6. The average Bonchev–Trinajstić information content (AvgIpc) is 2.67. The molecule has 0 radical (unpaired) electrons. The predicted molar refractivity (Wildman–Crippen MR) is 108 cm³/mol. The molecule has 0 saturated heterocycles. The zero-order valence-corrected chi connectivity index (χ0v) is 16.6. The summed E-state index contributed by atoms with van der Waals surface area (Å²) in [5.41, 5.74) is 2.74. The van der Waals surface area contributed by atoms with Gasteiger partial charge in [-0.3, -0.25) is 0 Å². The van der Waals surface area contributed by atoms with Crippen molar-refractivity contribution in [3.8, 4) is 5.75 Å². The molecular formula is C21H20ClNO3S. The molecule has 0 bridgehead atoms. The van der Waals surface area contributed by atoms with E-state index in [-0.39, 0.29) is 10.6 Å². The van der Waals surface area contributed by atoms with Crippen molar-refractivity contribution in [2.75, 3.05) is 7.11 Å². The van der Waals surface area contributed by atoms with Crippen molar-refractivity contribution < 1.29 is 13.2 Å². The minimum atomic E-state index is -3.89. The first-order valence-electron chi connectivity index (χ1n) is 8.38. The molecule has 0 aromatic heterocycles. The van der Waals surface area contributed by atoms with Crippen molar-refractivity contribution in [2.45, 2.75) is 17.9 Å². The van der Waals surface area contributed by atoms with Crippen molar-refractivity contribution in [3.63, 3.8) is 0 Å². The number of rotatable bonds is 6. The van der Waals surface area contributed by atoms with Gasteiger partial charge in [-0.1, -0.05) is 71.8 Å². The minimum absolute atomic E-state index is 0.00563. The Morgan fingerprint density at radius 1 is 0.926 bits per heavy atom. The molecule has 1 atom stereocenters. The van der Waals surface area contributed by atoms with Gasteiger partial charge >= 0.3 is 0 Å². The van der Waals surface area contributed by atoms with Crippen molar-refractivity contribution in [1.29, 1.82) is 0 Å². The molecule has 0 spiro atoms. The molecule has 0 fully saturated rings. The van der Waals surface area contributed by atoms with Gasteiger partial charge in [0.15, 0.2) is 0 Å². The molecule has 0 saturated carbocycles. The fourth-order valence-corrected chi connectivity index (χ4v) is 4.55. The molecule has 0 unspecified atom stereocenters. The number of sulfonamides is 1. The molecule has 3 aromatic rings. The van der Waals surface area contributed by atoms with Gasteiger partial charge in [-0.25, -0.2) is 8.42 Å². The number of halogens is 1. The van der Waals surface area contributed by atoms with Gasteiger partial charge in [-0.05, 0) is 36.2 Å². The molecule has 0 aliphatic carbocycles. The van der Waals surface area contributed by atoms with Gasteiger partial charge in [0.05, 0.1) is 13.2 Å². The topological polar surface area (TPSA) is 55.4 Å². The van der Waals surface area contributed by atoms with Crippen LogP contribution in [0.3, 0.4) is 0 Å². The van der Waals surface area contributed by atoms with Crippen molar-refractivity contribution in [3.05, 3.63) is 94.5 Å². The zero-order chi connectivity index (χ0) is 19.4. The summed E-state index contributed by atoms with van der Waals surface area (Å²) >= 11 is 6.02. The van der Waals surface area contributed by atoms with E-state index >= 15 is 0 Å². The number of aryl methyl sites for hydroxylation is 1. The lowest BCUT2D eigenvalue weighted by Crippen LogP contribution is -2.29. The molecule has 27 heavy (non-hydrogen) atoms. The number of hydrogen-bond donors (Lipinski definition) is 1. The molecule has 6 heteroatoms. The molecule has 4 nitrogen and oxygen atoms in total. The summed E-state index contributed by atoms with van der Waals surface area (Å²) in [6, 6.07) is 21.2. The second-order valence-electron chi connectivity index (χ2n) is 6.17. The Kier molecular flexibility index (Phi) is 5.85. The van der Waals surface area contributed by atoms with Crippen molar-refractivity contribution in [2.24, 2.45) is 0 Å². The molecule has 0 aliphatic rings. The van der Waals surface area contributed by atoms with E-state index in [0.29, 0.717) is 5.02 Å². The maximum atomic E-state index is 13.2. The minimum Gasteiger partial charge on any atom is -0.495 e. The van der Waals surface area contributed by atoms with E-state index in [4.69, 9.17) is 16.3 Å². The summed E-state index contributed by atoms with van der Waals surface area (Å²) in [7, 11) is -2.47. The Hall–Kier alpha value is -2.34. The Labute approximate surface area is 164 Å². The number of nitrogens with one attached hydrogen (secondary N) is 1. The van der Waals surface area contributed by atoms with E-state index in [1.165, 1.54) is 13.2 Å². The van der Waals surface area contributed by atoms with Crippen LogP contribution in [-0.2, 0) is 10.0 Å². The monoisotopic (exact) mass is 401 g/mol. The van der Waals surface area contributed by atoms with E-state index in [1.807, 2.05) is 61.5 Å². The lowest BCUT2D eigenvalue weighted by atomic mass is 9.98. The fraction of sp³-hybridized carbons (Fsp3) is 0.143. The second-order valence-corrected chi connectivity index (χ2v) is 8.29. The van der Waals surface area contributed by atoms with Gasteiger partial charge < -0.3 is 4.74 Å². The first kappa shape index (κ1) is 19.4. The smallest absolute Gasteiger partial charge is 0.245 e. The van der Waals surface area contributed by atoms with E-state index < -0.39 is 16.1 Å². The Morgan fingerprint density at radius 2 is 1.63 bits per heavy atom. The van der Waals surface area contributed by atoms with Crippen LogP contribution in [0.2, 0.25) is 5.02 Å². The zero-order valence-electron chi connectivity index (χ0n) is 15.0. The number of benzene rings is 3.